The molecule has 0 fully saturated rings. The lowest BCUT2D eigenvalue weighted by molar-refractivity contribution is -0.385. The maximum absolute atomic E-state index is 10.8. The Morgan fingerprint density at radius 2 is 2.10 bits per heavy atom. The molecule has 100 valence electrons. The summed E-state index contributed by atoms with van der Waals surface area (Å²) in [5.41, 5.74) is 2.43. The highest BCUT2D eigenvalue weighted by molar-refractivity contribution is 7.22. The standard InChI is InChI=1S/C13H8ClN3O2S/c1-7-4-8(2-3-10(7)17(18)19)11-5-9-12(20-11)13(14)16-6-15-9/h2-6H,1H3. The van der Waals surface area contributed by atoms with Crippen LogP contribution < -0.4 is 0 Å². The second-order valence-electron chi connectivity index (χ2n) is 4.25. The molecule has 0 radical (unpaired) electrons. The zero-order valence-electron chi connectivity index (χ0n) is 10.3. The number of rotatable bonds is 2. The van der Waals surface area contributed by atoms with Gasteiger partial charge in [-0.3, -0.25) is 10.1 Å². The van der Waals surface area contributed by atoms with Crippen molar-refractivity contribution in [1.29, 1.82) is 0 Å². The number of halogens is 1. The third kappa shape index (κ3) is 2.13. The molecule has 2 aromatic heterocycles. The fourth-order valence-corrected chi connectivity index (χ4v) is 3.23. The Labute approximate surface area is 123 Å². The Balaban J connectivity index is 2.13. The van der Waals surface area contributed by atoms with Crippen LogP contribution in [0.4, 0.5) is 5.69 Å². The number of benzene rings is 1. The van der Waals surface area contributed by atoms with Gasteiger partial charge in [-0.05, 0) is 30.7 Å². The average molecular weight is 306 g/mol. The molecule has 20 heavy (non-hydrogen) atoms. The van der Waals surface area contributed by atoms with E-state index in [1.54, 1.807) is 19.1 Å². The first kappa shape index (κ1) is 13.0. The van der Waals surface area contributed by atoms with Gasteiger partial charge in [-0.2, -0.15) is 0 Å². The van der Waals surface area contributed by atoms with Crippen molar-refractivity contribution in [2.75, 3.05) is 0 Å². The summed E-state index contributed by atoms with van der Waals surface area (Å²) < 4.78 is 0.820. The van der Waals surface area contributed by atoms with Crippen LogP contribution in [0.15, 0.2) is 30.6 Å². The molecule has 0 unspecified atom stereocenters. The van der Waals surface area contributed by atoms with Gasteiger partial charge in [0.05, 0.1) is 15.1 Å². The second-order valence-corrected chi connectivity index (χ2v) is 5.66. The van der Waals surface area contributed by atoms with Gasteiger partial charge in [0.1, 0.15) is 11.5 Å². The maximum Gasteiger partial charge on any atom is 0.272 e. The molecule has 0 aliphatic heterocycles. The van der Waals surface area contributed by atoms with Gasteiger partial charge in [-0.1, -0.05) is 11.6 Å². The van der Waals surface area contributed by atoms with Crippen LogP contribution in [0, 0.1) is 17.0 Å². The van der Waals surface area contributed by atoms with Crippen LogP contribution in [0.1, 0.15) is 5.56 Å². The Bertz CT molecular complexity index is 832. The molecule has 0 saturated carbocycles. The van der Waals surface area contributed by atoms with Crippen LogP contribution in [-0.2, 0) is 0 Å². The van der Waals surface area contributed by atoms with Gasteiger partial charge >= 0.3 is 0 Å². The Morgan fingerprint density at radius 3 is 2.75 bits per heavy atom. The van der Waals surface area contributed by atoms with Gasteiger partial charge in [0, 0.05) is 16.5 Å². The Morgan fingerprint density at radius 1 is 1.30 bits per heavy atom. The van der Waals surface area contributed by atoms with Crippen LogP contribution in [0.3, 0.4) is 0 Å². The third-order valence-electron chi connectivity index (χ3n) is 2.95. The molecule has 0 aliphatic carbocycles. The van der Waals surface area contributed by atoms with Crippen LogP contribution in [0.25, 0.3) is 20.7 Å². The quantitative estimate of drug-likeness (QED) is 0.403. The first-order chi connectivity index (χ1) is 9.56. The summed E-state index contributed by atoms with van der Waals surface area (Å²) in [6.07, 6.45) is 1.42. The lowest BCUT2D eigenvalue weighted by atomic mass is 10.1. The number of nitro groups is 1. The molecule has 0 bridgehead atoms. The fourth-order valence-electron chi connectivity index (χ4n) is 1.98. The van der Waals surface area contributed by atoms with E-state index in [9.17, 15) is 10.1 Å². The number of aryl methyl sites for hydroxylation is 1. The first-order valence-electron chi connectivity index (χ1n) is 5.71. The van der Waals surface area contributed by atoms with Gasteiger partial charge in [-0.25, -0.2) is 9.97 Å². The largest absolute Gasteiger partial charge is 0.272 e. The summed E-state index contributed by atoms with van der Waals surface area (Å²) in [5, 5.41) is 11.2. The second kappa shape index (κ2) is 4.81. The topological polar surface area (TPSA) is 68.9 Å². The molecule has 3 aromatic rings. The van der Waals surface area contributed by atoms with Crippen molar-refractivity contribution >= 4 is 38.8 Å². The van der Waals surface area contributed by atoms with E-state index in [4.69, 9.17) is 11.6 Å². The zero-order valence-corrected chi connectivity index (χ0v) is 11.9. The van der Waals surface area contributed by atoms with Gasteiger partial charge < -0.3 is 0 Å². The minimum absolute atomic E-state index is 0.118. The zero-order chi connectivity index (χ0) is 14.3. The molecule has 5 nitrogen and oxygen atoms in total. The predicted octanol–water partition coefficient (Wildman–Crippen LogP) is 4.23. The molecular formula is C13H8ClN3O2S. The number of hydrogen-bond donors (Lipinski definition) is 0. The van der Waals surface area contributed by atoms with Gasteiger partial charge in [-0.15, -0.1) is 11.3 Å². The van der Waals surface area contributed by atoms with E-state index in [1.165, 1.54) is 23.7 Å². The minimum Gasteiger partial charge on any atom is -0.258 e. The fraction of sp³-hybridized carbons (Fsp3) is 0.0769. The normalized spacial score (nSPS) is 10.9. The van der Waals surface area contributed by atoms with Crippen molar-refractivity contribution in [2.45, 2.75) is 6.92 Å². The molecule has 7 heteroatoms. The van der Waals surface area contributed by atoms with E-state index in [1.807, 2.05) is 6.07 Å². The van der Waals surface area contributed by atoms with E-state index in [0.29, 0.717) is 10.7 Å². The smallest absolute Gasteiger partial charge is 0.258 e. The highest BCUT2D eigenvalue weighted by Gasteiger charge is 2.13. The first-order valence-corrected chi connectivity index (χ1v) is 6.91. The van der Waals surface area contributed by atoms with E-state index >= 15 is 0 Å². The molecule has 0 atom stereocenters. The van der Waals surface area contributed by atoms with Crippen molar-refractivity contribution < 1.29 is 4.92 Å². The van der Waals surface area contributed by atoms with Gasteiger partial charge in [0.25, 0.3) is 5.69 Å². The van der Waals surface area contributed by atoms with Crippen molar-refractivity contribution in [3.05, 3.63) is 51.4 Å². The summed E-state index contributed by atoms with van der Waals surface area (Å²) in [5.74, 6) is 0. The van der Waals surface area contributed by atoms with Crippen molar-refractivity contribution in [3.63, 3.8) is 0 Å². The molecule has 0 saturated heterocycles. The van der Waals surface area contributed by atoms with E-state index < -0.39 is 0 Å². The maximum atomic E-state index is 10.8. The van der Waals surface area contributed by atoms with Crippen molar-refractivity contribution in [1.82, 2.24) is 9.97 Å². The highest BCUT2D eigenvalue weighted by atomic mass is 35.5. The lowest BCUT2D eigenvalue weighted by Gasteiger charge is -2.00. The van der Waals surface area contributed by atoms with E-state index in [-0.39, 0.29) is 10.6 Å². The molecule has 1 aromatic carbocycles. The Kier molecular flexibility index (Phi) is 3.11. The molecule has 3 rings (SSSR count). The molecule has 0 aliphatic rings. The van der Waals surface area contributed by atoms with Gasteiger partial charge in [0.2, 0.25) is 0 Å². The average Bonchev–Trinajstić information content (AvgIpc) is 2.83. The van der Waals surface area contributed by atoms with Crippen molar-refractivity contribution in [3.8, 4) is 10.4 Å². The lowest BCUT2D eigenvalue weighted by Crippen LogP contribution is -1.91. The van der Waals surface area contributed by atoms with E-state index in [2.05, 4.69) is 9.97 Å². The monoisotopic (exact) mass is 305 g/mol. The SMILES string of the molecule is Cc1cc(-c2cc3ncnc(Cl)c3s2)ccc1[N+](=O)[O-]. The van der Waals surface area contributed by atoms with Crippen LogP contribution in [-0.4, -0.2) is 14.9 Å². The van der Waals surface area contributed by atoms with Crippen LogP contribution in [0.5, 0.6) is 0 Å². The molecule has 0 spiro atoms. The predicted molar refractivity (Wildman–Crippen MR) is 79.3 cm³/mol. The van der Waals surface area contributed by atoms with Crippen molar-refractivity contribution in [2.24, 2.45) is 0 Å². The van der Waals surface area contributed by atoms with Crippen LogP contribution >= 0.6 is 22.9 Å². The Hall–Kier alpha value is -2.05. The molecule has 2 heterocycles. The third-order valence-corrected chi connectivity index (χ3v) is 4.52. The molecule has 0 amide bonds. The summed E-state index contributed by atoms with van der Waals surface area (Å²) >= 11 is 7.50. The summed E-state index contributed by atoms with van der Waals surface area (Å²) in [4.78, 5) is 19.5. The minimum atomic E-state index is -0.383. The molecular weight excluding hydrogens is 298 g/mol. The molecule has 0 N–H and O–H groups in total. The van der Waals surface area contributed by atoms with Crippen LogP contribution in [0.2, 0.25) is 5.15 Å². The highest BCUT2D eigenvalue weighted by Crippen LogP contribution is 2.36. The van der Waals surface area contributed by atoms with E-state index in [0.717, 1.165) is 20.7 Å². The number of nitro benzene ring substituents is 1. The number of fused-ring (bicyclic) bond motifs is 1. The summed E-state index contributed by atoms with van der Waals surface area (Å²) in [7, 11) is 0. The number of thiophene rings is 1. The number of nitrogens with zero attached hydrogens (tertiary/aromatic N) is 3. The van der Waals surface area contributed by atoms with Gasteiger partial charge in [0.15, 0.2) is 0 Å². The number of hydrogen-bond acceptors (Lipinski definition) is 5. The number of aromatic nitrogens is 2. The summed E-state index contributed by atoms with van der Waals surface area (Å²) in [6.45, 7) is 1.72. The summed E-state index contributed by atoms with van der Waals surface area (Å²) in [6, 6.07) is 6.96.